The Morgan fingerprint density at radius 2 is 2.00 bits per heavy atom. The molecule has 4 rings (SSSR count). The Kier molecular flexibility index (Phi) is 5.20. The minimum atomic E-state index is -1.01. The highest BCUT2D eigenvalue weighted by Gasteiger charge is 2.48. The number of imidazole rings is 1. The normalized spacial score (nSPS) is 24.0. The van der Waals surface area contributed by atoms with Crippen LogP contribution in [0, 0.1) is 5.41 Å². The molecule has 2 aromatic heterocycles. The van der Waals surface area contributed by atoms with E-state index in [4.69, 9.17) is 0 Å². The van der Waals surface area contributed by atoms with Gasteiger partial charge in [-0.25, -0.2) is 9.97 Å². The number of piperidine rings is 1. The molecule has 0 amide bonds. The zero-order chi connectivity index (χ0) is 19.2. The van der Waals surface area contributed by atoms with Crippen molar-refractivity contribution < 1.29 is 4.55 Å². The molecule has 2 fully saturated rings. The average Bonchev–Trinajstić information content (AvgIpc) is 3.25. The third-order valence-electron chi connectivity index (χ3n) is 6.12. The molecule has 3 heterocycles. The number of rotatable bonds is 3. The van der Waals surface area contributed by atoms with Gasteiger partial charge in [-0.05, 0) is 67.8 Å². The van der Waals surface area contributed by atoms with Gasteiger partial charge >= 0.3 is 0 Å². The Morgan fingerprint density at radius 1 is 1.26 bits per heavy atom. The van der Waals surface area contributed by atoms with Crippen molar-refractivity contribution in [3.63, 3.8) is 0 Å². The molecule has 0 bridgehead atoms. The fourth-order valence-electron chi connectivity index (χ4n) is 4.49. The van der Waals surface area contributed by atoms with Crippen molar-refractivity contribution in [2.75, 3.05) is 18.0 Å². The van der Waals surface area contributed by atoms with Crippen LogP contribution in [0.1, 0.15) is 52.9 Å². The van der Waals surface area contributed by atoms with Crippen LogP contribution in [0.3, 0.4) is 0 Å². The third kappa shape index (κ3) is 3.61. The summed E-state index contributed by atoms with van der Waals surface area (Å²) in [6, 6.07) is 0.353. The molecule has 1 spiro atoms. The Bertz CT molecular complexity index is 812. The maximum Gasteiger partial charge on any atom is 0.211 e. The van der Waals surface area contributed by atoms with Gasteiger partial charge in [0.25, 0.3) is 0 Å². The minimum Gasteiger partial charge on any atom is -0.598 e. The zero-order valence-corrected chi connectivity index (χ0v) is 18.6. The van der Waals surface area contributed by atoms with Crippen LogP contribution in [0.4, 0.5) is 5.95 Å². The van der Waals surface area contributed by atoms with Gasteiger partial charge in [0.15, 0.2) is 5.65 Å². The van der Waals surface area contributed by atoms with Gasteiger partial charge in [-0.1, -0.05) is 6.42 Å². The summed E-state index contributed by atoms with van der Waals surface area (Å²) in [5.74, 6) is 0.960. The number of fused-ring (bicyclic) bond motifs is 1. The molecule has 1 saturated carbocycles. The van der Waals surface area contributed by atoms with Gasteiger partial charge in [0.2, 0.25) is 5.95 Å². The highest BCUT2D eigenvalue weighted by Crippen LogP contribution is 2.47. The smallest absolute Gasteiger partial charge is 0.211 e. The van der Waals surface area contributed by atoms with Crippen LogP contribution in [-0.2, 0) is 11.4 Å². The molecule has 148 valence electrons. The van der Waals surface area contributed by atoms with E-state index in [0.29, 0.717) is 6.04 Å². The average molecular weight is 454 g/mol. The molecule has 27 heavy (non-hydrogen) atoms. The van der Waals surface area contributed by atoms with Crippen molar-refractivity contribution in [2.24, 2.45) is 5.41 Å². The SMILES string of the molecule is CC(C)(C)[S+]([O-])NC1CCCC12CCN(c1ncc(Br)c3nccn13)CC2. The summed E-state index contributed by atoms with van der Waals surface area (Å²) in [4.78, 5) is 11.4. The van der Waals surface area contributed by atoms with Crippen LogP contribution < -0.4 is 9.62 Å². The first-order chi connectivity index (χ1) is 12.8. The van der Waals surface area contributed by atoms with Gasteiger partial charge in [-0.3, -0.25) is 4.40 Å². The van der Waals surface area contributed by atoms with Crippen molar-refractivity contribution in [3.8, 4) is 0 Å². The molecule has 8 heteroatoms. The van der Waals surface area contributed by atoms with Crippen LogP contribution in [0.25, 0.3) is 5.65 Å². The largest absolute Gasteiger partial charge is 0.598 e. The summed E-state index contributed by atoms with van der Waals surface area (Å²) < 4.78 is 18.9. The number of aromatic nitrogens is 3. The second-order valence-corrected chi connectivity index (χ2v) is 11.7. The topological polar surface area (TPSA) is 68.5 Å². The number of nitrogens with zero attached hydrogens (tertiary/aromatic N) is 4. The van der Waals surface area contributed by atoms with Gasteiger partial charge in [0, 0.05) is 43.0 Å². The highest BCUT2D eigenvalue weighted by atomic mass is 79.9. The summed E-state index contributed by atoms with van der Waals surface area (Å²) >= 11 is 2.52. The summed E-state index contributed by atoms with van der Waals surface area (Å²) in [5.41, 5.74) is 1.17. The number of hydrogen-bond acceptors (Lipinski definition) is 5. The van der Waals surface area contributed by atoms with E-state index in [2.05, 4.69) is 39.9 Å². The van der Waals surface area contributed by atoms with Gasteiger partial charge in [-0.15, -0.1) is 4.72 Å². The first-order valence-electron chi connectivity index (χ1n) is 9.71. The van der Waals surface area contributed by atoms with Crippen LogP contribution in [-0.4, -0.2) is 42.8 Å². The van der Waals surface area contributed by atoms with Crippen LogP contribution in [0.2, 0.25) is 0 Å². The number of anilines is 1. The van der Waals surface area contributed by atoms with Crippen LogP contribution in [0.5, 0.6) is 0 Å². The Labute approximate surface area is 172 Å². The van der Waals surface area contributed by atoms with Crippen molar-refractivity contribution in [1.82, 2.24) is 19.1 Å². The van der Waals surface area contributed by atoms with Gasteiger partial charge in [0.05, 0.1) is 10.5 Å². The summed E-state index contributed by atoms with van der Waals surface area (Å²) in [5, 5.41) is 0. The predicted molar refractivity (Wildman–Crippen MR) is 113 cm³/mol. The lowest BCUT2D eigenvalue weighted by atomic mass is 9.74. The van der Waals surface area contributed by atoms with Crippen molar-refractivity contribution in [3.05, 3.63) is 23.1 Å². The lowest BCUT2D eigenvalue weighted by Crippen LogP contribution is -2.53. The van der Waals surface area contributed by atoms with E-state index < -0.39 is 11.4 Å². The molecule has 1 aliphatic heterocycles. The van der Waals surface area contributed by atoms with Crippen LogP contribution in [0.15, 0.2) is 23.1 Å². The van der Waals surface area contributed by atoms with E-state index in [0.717, 1.165) is 48.4 Å². The number of hydrogen-bond donors (Lipinski definition) is 1. The molecule has 6 nitrogen and oxygen atoms in total. The quantitative estimate of drug-likeness (QED) is 0.717. The van der Waals surface area contributed by atoms with E-state index >= 15 is 0 Å². The summed E-state index contributed by atoms with van der Waals surface area (Å²) in [7, 11) is 0. The maximum atomic E-state index is 12.6. The van der Waals surface area contributed by atoms with Gasteiger partial charge < -0.3 is 9.45 Å². The molecule has 2 aromatic rings. The van der Waals surface area contributed by atoms with Crippen molar-refractivity contribution in [1.29, 1.82) is 0 Å². The van der Waals surface area contributed by atoms with Crippen molar-refractivity contribution in [2.45, 2.75) is 63.7 Å². The number of nitrogens with one attached hydrogen (secondary N) is 1. The Balaban J connectivity index is 1.49. The Morgan fingerprint density at radius 3 is 2.70 bits per heavy atom. The summed E-state index contributed by atoms with van der Waals surface area (Å²) in [6.07, 6.45) is 11.4. The third-order valence-corrected chi connectivity index (χ3v) is 8.29. The van der Waals surface area contributed by atoms with Crippen LogP contribution >= 0.6 is 15.9 Å². The number of halogens is 1. The first kappa shape index (κ1) is 19.5. The van der Waals surface area contributed by atoms with E-state index in [1.54, 1.807) is 0 Å². The standard InChI is InChI=1S/C19H28BrN5OS/c1-18(2,3)27(26)23-15-5-4-6-19(15)7-10-24(11-8-19)17-22-13-14(20)16-21-9-12-25(16)17/h9,12-13,15,23H,4-8,10-11H2,1-3H3. The lowest BCUT2D eigenvalue weighted by molar-refractivity contribution is 0.186. The molecule has 1 saturated heterocycles. The highest BCUT2D eigenvalue weighted by molar-refractivity contribution is 9.10. The van der Waals surface area contributed by atoms with Gasteiger partial charge in [-0.2, -0.15) is 0 Å². The lowest BCUT2D eigenvalue weighted by Gasteiger charge is -2.44. The molecule has 2 atom stereocenters. The first-order valence-corrected chi connectivity index (χ1v) is 11.7. The second kappa shape index (κ2) is 7.21. The van der Waals surface area contributed by atoms with Crippen molar-refractivity contribution >= 4 is 38.9 Å². The second-order valence-electron chi connectivity index (χ2n) is 8.82. The fourth-order valence-corrected chi connectivity index (χ4v) is 5.86. The molecular formula is C19H28BrN5OS. The van der Waals surface area contributed by atoms with E-state index in [1.807, 2.05) is 39.4 Å². The fraction of sp³-hybridized carbons (Fsp3) is 0.684. The molecule has 1 N–H and O–H groups in total. The van der Waals surface area contributed by atoms with Gasteiger partial charge in [0.1, 0.15) is 4.75 Å². The van der Waals surface area contributed by atoms with E-state index in [-0.39, 0.29) is 10.2 Å². The van der Waals surface area contributed by atoms with E-state index in [9.17, 15) is 4.55 Å². The van der Waals surface area contributed by atoms with E-state index in [1.165, 1.54) is 12.8 Å². The molecule has 2 unspecified atom stereocenters. The Hall–Kier alpha value is -0.830. The summed E-state index contributed by atoms with van der Waals surface area (Å²) in [6.45, 7) is 8.06. The molecule has 0 aromatic carbocycles. The predicted octanol–water partition coefficient (Wildman–Crippen LogP) is 3.68. The zero-order valence-electron chi connectivity index (χ0n) is 16.2. The monoisotopic (exact) mass is 453 g/mol. The molecule has 0 radical (unpaired) electrons. The maximum absolute atomic E-state index is 12.6. The molecule has 1 aliphatic carbocycles. The minimum absolute atomic E-state index is 0.223. The molecule has 2 aliphatic rings. The molecular weight excluding hydrogens is 426 g/mol.